The van der Waals surface area contributed by atoms with Crippen molar-refractivity contribution < 1.29 is 4.74 Å². The fourth-order valence-electron chi connectivity index (χ4n) is 2.20. The Balaban J connectivity index is 1.79. The van der Waals surface area contributed by atoms with E-state index in [-0.39, 0.29) is 5.72 Å². The second-order valence-electron chi connectivity index (χ2n) is 4.11. The number of hydrogen-bond donors (Lipinski definition) is 0. The Morgan fingerprint density at radius 3 is 2.33 bits per heavy atom. The zero-order valence-corrected chi connectivity index (χ0v) is 9.68. The van der Waals surface area contributed by atoms with E-state index in [0.717, 1.165) is 31.7 Å². The number of nitrogens with zero attached hydrogens (tertiary/aromatic N) is 1. The molecule has 0 unspecified atom stereocenters. The molecule has 2 aliphatic heterocycles. The molecule has 0 aliphatic carbocycles. The van der Waals surface area contributed by atoms with Gasteiger partial charge in [0.15, 0.2) is 5.72 Å². The predicted molar refractivity (Wildman–Crippen MR) is 60.6 cm³/mol. The lowest BCUT2D eigenvalue weighted by atomic mass is 9.85. The second kappa shape index (κ2) is 3.27. The maximum absolute atomic E-state index is 5.96. The van der Waals surface area contributed by atoms with Crippen LogP contribution in [0.2, 0.25) is 10.0 Å². The van der Waals surface area contributed by atoms with Crippen molar-refractivity contribution in [1.82, 2.24) is 4.90 Å². The molecular formula is C11H11Cl2NO. The van der Waals surface area contributed by atoms with E-state index in [9.17, 15) is 0 Å². The average molecular weight is 244 g/mol. The highest BCUT2D eigenvalue weighted by molar-refractivity contribution is 6.42. The lowest BCUT2D eigenvalue weighted by molar-refractivity contribution is -0.230. The van der Waals surface area contributed by atoms with Gasteiger partial charge in [-0.15, -0.1) is 0 Å². The Kier molecular flexibility index (Phi) is 2.13. The van der Waals surface area contributed by atoms with Crippen molar-refractivity contribution in [3.8, 4) is 5.75 Å². The van der Waals surface area contributed by atoms with Crippen molar-refractivity contribution in [3.63, 3.8) is 0 Å². The monoisotopic (exact) mass is 243 g/mol. The molecule has 2 heterocycles. The Labute approximate surface area is 98.7 Å². The van der Waals surface area contributed by atoms with Gasteiger partial charge in [0.25, 0.3) is 0 Å². The van der Waals surface area contributed by atoms with Crippen LogP contribution in [0.3, 0.4) is 0 Å². The zero-order chi connectivity index (χ0) is 10.5. The molecule has 4 heteroatoms. The van der Waals surface area contributed by atoms with Crippen LogP contribution >= 0.6 is 23.2 Å². The van der Waals surface area contributed by atoms with Crippen LogP contribution in [-0.2, 0) is 0 Å². The van der Waals surface area contributed by atoms with E-state index >= 15 is 0 Å². The number of benzene rings is 1. The Morgan fingerprint density at radius 1 is 1.13 bits per heavy atom. The first-order valence-corrected chi connectivity index (χ1v) is 5.84. The molecule has 0 bridgehead atoms. The zero-order valence-electron chi connectivity index (χ0n) is 8.17. The molecule has 0 saturated carbocycles. The number of hydrogen-bond acceptors (Lipinski definition) is 2. The number of halogens is 2. The van der Waals surface area contributed by atoms with Crippen molar-refractivity contribution in [2.24, 2.45) is 0 Å². The van der Waals surface area contributed by atoms with Crippen LogP contribution in [0.4, 0.5) is 0 Å². The van der Waals surface area contributed by atoms with Gasteiger partial charge in [0.2, 0.25) is 0 Å². The van der Waals surface area contributed by atoms with Gasteiger partial charge in [0.1, 0.15) is 5.75 Å². The van der Waals surface area contributed by atoms with Crippen LogP contribution in [0.1, 0.15) is 12.8 Å². The minimum atomic E-state index is -0.0167. The number of ether oxygens (including phenoxy) is 1. The third-order valence-corrected chi connectivity index (χ3v) is 4.06. The molecule has 0 radical (unpaired) electrons. The molecule has 0 aromatic heterocycles. The first-order valence-electron chi connectivity index (χ1n) is 5.09. The molecule has 0 amide bonds. The van der Waals surface area contributed by atoms with Crippen molar-refractivity contribution in [3.05, 3.63) is 28.2 Å². The average Bonchev–Trinajstić information content (AvgIpc) is 2.21. The normalized spacial score (nSPS) is 22.5. The molecule has 2 saturated heterocycles. The largest absolute Gasteiger partial charge is 0.472 e. The summed E-state index contributed by atoms with van der Waals surface area (Å²) in [4.78, 5) is 2.34. The van der Waals surface area contributed by atoms with E-state index in [4.69, 9.17) is 27.9 Å². The maximum Gasteiger partial charge on any atom is 0.165 e. The van der Waals surface area contributed by atoms with Crippen LogP contribution in [0, 0.1) is 0 Å². The summed E-state index contributed by atoms with van der Waals surface area (Å²) in [6.07, 6.45) is 2.24. The number of rotatable bonds is 2. The summed E-state index contributed by atoms with van der Waals surface area (Å²) in [6, 6.07) is 5.43. The molecule has 0 N–H and O–H groups in total. The van der Waals surface area contributed by atoms with E-state index in [1.54, 1.807) is 12.1 Å². The molecule has 0 spiro atoms. The Bertz CT molecular complexity index is 400. The van der Waals surface area contributed by atoms with Gasteiger partial charge >= 0.3 is 0 Å². The van der Waals surface area contributed by atoms with Gasteiger partial charge in [-0.2, -0.15) is 0 Å². The maximum atomic E-state index is 5.96. The van der Waals surface area contributed by atoms with Crippen LogP contribution in [0.25, 0.3) is 0 Å². The van der Waals surface area contributed by atoms with E-state index in [1.807, 2.05) is 6.07 Å². The summed E-state index contributed by atoms with van der Waals surface area (Å²) in [5.41, 5.74) is -0.0167. The van der Waals surface area contributed by atoms with Gasteiger partial charge in [0.05, 0.1) is 10.0 Å². The van der Waals surface area contributed by atoms with Crippen LogP contribution in [-0.4, -0.2) is 23.7 Å². The summed E-state index contributed by atoms with van der Waals surface area (Å²) >= 11 is 11.8. The Morgan fingerprint density at radius 2 is 1.87 bits per heavy atom. The first-order chi connectivity index (χ1) is 7.20. The minimum Gasteiger partial charge on any atom is -0.472 e. The van der Waals surface area contributed by atoms with Gasteiger partial charge < -0.3 is 4.74 Å². The molecule has 3 rings (SSSR count). The van der Waals surface area contributed by atoms with Gasteiger partial charge in [-0.1, -0.05) is 23.2 Å². The van der Waals surface area contributed by atoms with Gasteiger partial charge in [-0.25, -0.2) is 0 Å². The van der Waals surface area contributed by atoms with Crippen LogP contribution in [0.5, 0.6) is 5.75 Å². The van der Waals surface area contributed by atoms with Crippen LogP contribution < -0.4 is 4.74 Å². The molecule has 15 heavy (non-hydrogen) atoms. The summed E-state index contributed by atoms with van der Waals surface area (Å²) in [6.45, 7) is 2.31. The van der Waals surface area contributed by atoms with Gasteiger partial charge in [0, 0.05) is 32.0 Å². The quantitative estimate of drug-likeness (QED) is 0.792. The van der Waals surface area contributed by atoms with E-state index in [2.05, 4.69) is 4.90 Å². The standard InChI is InChI=1S/C11H11Cl2NO/c12-9-2-1-8(7-10(9)13)15-11-3-5-14(11)6-4-11/h1-2,7H,3-6H2. The van der Waals surface area contributed by atoms with Crippen LogP contribution in [0.15, 0.2) is 18.2 Å². The molecule has 2 aliphatic rings. The molecule has 80 valence electrons. The smallest absolute Gasteiger partial charge is 0.165 e. The minimum absolute atomic E-state index is 0.0167. The fourth-order valence-corrected chi connectivity index (χ4v) is 2.49. The lowest BCUT2D eigenvalue weighted by Crippen LogP contribution is -2.72. The molecule has 0 atom stereocenters. The molecule has 2 fully saturated rings. The molecular weight excluding hydrogens is 233 g/mol. The second-order valence-corrected chi connectivity index (χ2v) is 4.93. The first kappa shape index (κ1) is 9.76. The molecule has 1 aromatic carbocycles. The number of fused-ring (bicyclic) bond motifs is 1. The summed E-state index contributed by atoms with van der Waals surface area (Å²) in [5.74, 6) is 0.814. The molecule has 1 aromatic rings. The Hall–Kier alpha value is -0.440. The highest BCUT2D eigenvalue weighted by atomic mass is 35.5. The highest BCUT2D eigenvalue weighted by Gasteiger charge is 2.54. The lowest BCUT2D eigenvalue weighted by Gasteiger charge is -2.60. The summed E-state index contributed by atoms with van der Waals surface area (Å²) in [5, 5.41) is 1.12. The molecule has 2 nitrogen and oxygen atoms in total. The SMILES string of the molecule is Clc1ccc(OC23CCN2CC3)cc1Cl. The van der Waals surface area contributed by atoms with Gasteiger partial charge in [-0.3, -0.25) is 4.90 Å². The van der Waals surface area contributed by atoms with Crippen molar-refractivity contribution in [2.75, 3.05) is 13.1 Å². The van der Waals surface area contributed by atoms with Crippen molar-refractivity contribution >= 4 is 23.2 Å². The van der Waals surface area contributed by atoms with Crippen molar-refractivity contribution in [2.45, 2.75) is 18.6 Å². The van der Waals surface area contributed by atoms with E-state index in [1.165, 1.54) is 0 Å². The third kappa shape index (κ3) is 1.43. The predicted octanol–water partition coefficient (Wildman–Crippen LogP) is 3.18. The number of piperidine rings is 1. The fraction of sp³-hybridized carbons (Fsp3) is 0.455. The van der Waals surface area contributed by atoms with Gasteiger partial charge in [-0.05, 0) is 12.1 Å². The van der Waals surface area contributed by atoms with Crippen molar-refractivity contribution in [1.29, 1.82) is 0 Å². The topological polar surface area (TPSA) is 12.5 Å². The van der Waals surface area contributed by atoms with E-state index in [0.29, 0.717) is 10.0 Å². The highest BCUT2D eigenvalue weighted by Crippen LogP contribution is 2.44. The summed E-state index contributed by atoms with van der Waals surface area (Å²) < 4.78 is 5.96. The summed E-state index contributed by atoms with van der Waals surface area (Å²) in [7, 11) is 0. The van der Waals surface area contributed by atoms with E-state index < -0.39 is 0 Å². The third-order valence-electron chi connectivity index (χ3n) is 3.32.